The molecule has 0 aliphatic heterocycles. The summed E-state index contributed by atoms with van der Waals surface area (Å²) in [7, 11) is -1.47. The van der Waals surface area contributed by atoms with Crippen LogP contribution in [-0.4, -0.2) is 37.6 Å². The number of sulfone groups is 1. The second-order valence-corrected chi connectivity index (χ2v) is 7.10. The van der Waals surface area contributed by atoms with Crippen LogP contribution in [0.15, 0.2) is 37.6 Å². The molecule has 5 heteroatoms. The Labute approximate surface area is 117 Å². The average Bonchev–Trinajstić information content (AvgIpc) is 2.33. The summed E-state index contributed by atoms with van der Waals surface area (Å²) in [6.45, 7) is 15.0. The molecule has 0 bridgehead atoms. The van der Waals surface area contributed by atoms with E-state index >= 15 is 0 Å². The van der Waals surface area contributed by atoms with Gasteiger partial charge in [-0.05, 0) is 13.3 Å². The maximum Gasteiger partial charge on any atom is 0.154 e. The zero-order valence-corrected chi connectivity index (χ0v) is 13.2. The molecule has 4 nitrogen and oxygen atoms in total. The maximum atomic E-state index is 11.5. The molecule has 0 aromatic carbocycles. The molecule has 0 rings (SSSR count). The van der Waals surface area contributed by atoms with Gasteiger partial charge in [0, 0.05) is 25.4 Å². The third kappa shape index (κ3) is 5.61. The lowest BCUT2D eigenvalue weighted by Crippen LogP contribution is -2.34. The third-order valence-corrected chi connectivity index (χ3v) is 4.63. The first-order valence-corrected chi connectivity index (χ1v) is 8.10. The van der Waals surface area contributed by atoms with Gasteiger partial charge in [-0.3, -0.25) is 9.90 Å². The highest BCUT2D eigenvalue weighted by Crippen LogP contribution is 2.22. The van der Waals surface area contributed by atoms with Crippen LogP contribution in [0.1, 0.15) is 26.7 Å². The van der Waals surface area contributed by atoms with Crippen LogP contribution in [0.3, 0.4) is 0 Å². The minimum absolute atomic E-state index is 0.260. The van der Waals surface area contributed by atoms with Crippen molar-refractivity contribution >= 4 is 9.84 Å². The second kappa shape index (κ2) is 6.91. The van der Waals surface area contributed by atoms with Gasteiger partial charge in [-0.15, -0.1) is 13.2 Å². The minimum Gasteiger partial charge on any atom is -0.264 e. The van der Waals surface area contributed by atoms with Crippen LogP contribution in [0.2, 0.25) is 0 Å². The number of hydrogen-bond donors (Lipinski definition) is 0. The van der Waals surface area contributed by atoms with Crippen molar-refractivity contribution in [3.63, 3.8) is 0 Å². The van der Waals surface area contributed by atoms with Crippen molar-refractivity contribution in [2.24, 2.45) is 0 Å². The maximum absolute atomic E-state index is 11.5. The van der Waals surface area contributed by atoms with Crippen molar-refractivity contribution in [3.8, 4) is 0 Å². The van der Waals surface area contributed by atoms with Gasteiger partial charge in [0.1, 0.15) is 5.60 Å². The summed E-state index contributed by atoms with van der Waals surface area (Å²) in [4.78, 5) is 5.74. The van der Waals surface area contributed by atoms with Crippen LogP contribution in [-0.2, 0) is 14.7 Å². The largest absolute Gasteiger partial charge is 0.264 e. The van der Waals surface area contributed by atoms with Gasteiger partial charge in [-0.1, -0.05) is 25.7 Å². The van der Waals surface area contributed by atoms with Crippen LogP contribution >= 0.6 is 0 Å². The molecule has 0 aromatic rings. The van der Waals surface area contributed by atoms with Crippen molar-refractivity contribution in [1.82, 2.24) is 5.06 Å². The van der Waals surface area contributed by atoms with Gasteiger partial charge in [-0.2, -0.15) is 0 Å². The van der Waals surface area contributed by atoms with E-state index in [2.05, 4.69) is 19.7 Å². The lowest BCUT2D eigenvalue weighted by molar-refractivity contribution is -0.188. The number of allylic oxidation sites excluding steroid dienone is 1. The number of hydroxylamine groups is 2. The molecule has 110 valence electrons. The molecule has 0 spiro atoms. The molecule has 2 unspecified atom stereocenters. The van der Waals surface area contributed by atoms with Crippen molar-refractivity contribution in [2.45, 2.75) is 37.5 Å². The molecule has 19 heavy (non-hydrogen) atoms. The van der Waals surface area contributed by atoms with Crippen LogP contribution in [0.25, 0.3) is 0 Å². The van der Waals surface area contributed by atoms with Gasteiger partial charge in [-0.25, -0.2) is 8.42 Å². The first kappa shape index (κ1) is 17.9. The highest BCUT2D eigenvalue weighted by atomic mass is 32.2. The third-order valence-electron chi connectivity index (χ3n) is 3.17. The van der Waals surface area contributed by atoms with Crippen molar-refractivity contribution in [1.29, 1.82) is 0 Å². The van der Waals surface area contributed by atoms with Gasteiger partial charge in [0.05, 0.1) is 5.25 Å². The van der Waals surface area contributed by atoms with Gasteiger partial charge in [0.15, 0.2) is 9.84 Å². The summed E-state index contributed by atoms with van der Waals surface area (Å²) >= 11 is 0. The molecule has 0 aliphatic carbocycles. The number of nitrogens with zero attached hydrogens (tertiary/aromatic N) is 1. The monoisotopic (exact) mass is 287 g/mol. The van der Waals surface area contributed by atoms with Gasteiger partial charge >= 0.3 is 0 Å². The molecule has 0 heterocycles. The Morgan fingerprint density at radius 3 is 2.32 bits per heavy atom. The molecule has 0 aromatic heterocycles. The van der Waals surface area contributed by atoms with Crippen LogP contribution in [0.4, 0.5) is 0 Å². The van der Waals surface area contributed by atoms with E-state index in [9.17, 15) is 8.42 Å². The van der Waals surface area contributed by atoms with E-state index in [1.54, 1.807) is 13.1 Å². The van der Waals surface area contributed by atoms with Crippen LogP contribution in [0.5, 0.6) is 0 Å². The summed E-state index contributed by atoms with van der Waals surface area (Å²) in [6, 6.07) is 0. The Morgan fingerprint density at radius 2 is 2.00 bits per heavy atom. The molecule has 0 amide bonds. The summed E-state index contributed by atoms with van der Waals surface area (Å²) in [5.74, 6) is 0. The summed E-state index contributed by atoms with van der Waals surface area (Å²) < 4.78 is 23.1. The van der Waals surface area contributed by atoms with Gasteiger partial charge < -0.3 is 0 Å². The SMILES string of the molecule is C=CC(CC(=C)N(C)OC(C)(C=C)CC)S(C)(=O)=O. The quantitative estimate of drug-likeness (QED) is 0.483. The van der Waals surface area contributed by atoms with E-state index in [4.69, 9.17) is 4.84 Å². The van der Waals surface area contributed by atoms with Crippen molar-refractivity contribution in [2.75, 3.05) is 13.3 Å². The Morgan fingerprint density at radius 1 is 1.47 bits per heavy atom. The molecule has 0 fully saturated rings. The molecule has 0 radical (unpaired) electrons. The van der Waals surface area contributed by atoms with E-state index in [0.717, 1.165) is 6.42 Å². The van der Waals surface area contributed by atoms with E-state index in [1.165, 1.54) is 17.4 Å². The van der Waals surface area contributed by atoms with E-state index in [-0.39, 0.29) is 6.42 Å². The van der Waals surface area contributed by atoms with Crippen LogP contribution < -0.4 is 0 Å². The lowest BCUT2D eigenvalue weighted by Gasteiger charge is -2.32. The first-order chi connectivity index (χ1) is 8.59. The normalized spacial score (nSPS) is 16.2. The fourth-order valence-corrected chi connectivity index (χ4v) is 2.24. The smallest absolute Gasteiger partial charge is 0.154 e. The topological polar surface area (TPSA) is 46.6 Å². The standard InChI is InChI=1S/C14H25NO3S/c1-8-13(19(7,16)17)11-12(4)15(6)18-14(5,9-2)10-3/h8-9,13H,1-2,4,10-11H2,3,5-7H3. The van der Waals surface area contributed by atoms with E-state index in [0.29, 0.717) is 5.70 Å². The highest BCUT2D eigenvalue weighted by Gasteiger charge is 2.24. The molecular weight excluding hydrogens is 262 g/mol. The zero-order valence-electron chi connectivity index (χ0n) is 12.3. The van der Waals surface area contributed by atoms with Gasteiger partial charge in [0.25, 0.3) is 0 Å². The fourth-order valence-electron chi connectivity index (χ4n) is 1.39. The Hall–Kier alpha value is -1.07. The van der Waals surface area contributed by atoms with Crippen LogP contribution in [0, 0.1) is 0 Å². The first-order valence-electron chi connectivity index (χ1n) is 6.15. The summed E-state index contributed by atoms with van der Waals surface area (Å²) in [5, 5.41) is 0.856. The minimum atomic E-state index is -3.18. The molecule has 0 saturated carbocycles. The number of rotatable bonds is 9. The average molecular weight is 287 g/mol. The predicted octanol–water partition coefficient (Wildman–Crippen LogP) is 2.71. The number of hydrogen-bond acceptors (Lipinski definition) is 4. The van der Waals surface area contributed by atoms with Crippen molar-refractivity contribution in [3.05, 3.63) is 37.6 Å². The lowest BCUT2D eigenvalue weighted by atomic mass is 10.0. The Kier molecular flexibility index (Phi) is 6.52. The Balaban J connectivity index is 4.76. The molecule has 0 aliphatic rings. The molecular formula is C14H25NO3S. The predicted molar refractivity (Wildman–Crippen MR) is 80.3 cm³/mol. The van der Waals surface area contributed by atoms with Crippen molar-refractivity contribution < 1.29 is 13.3 Å². The molecule has 2 atom stereocenters. The molecule has 0 N–H and O–H groups in total. The molecule has 0 saturated heterocycles. The van der Waals surface area contributed by atoms with Gasteiger partial charge in [0.2, 0.25) is 0 Å². The van der Waals surface area contributed by atoms with E-state index in [1.807, 2.05) is 13.8 Å². The fraction of sp³-hybridized carbons (Fsp3) is 0.571. The second-order valence-electron chi connectivity index (χ2n) is 4.83. The zero-order chi connectivity index (χ0) is 15.3. The summed E-state index contributed by atoms with van der Waals surface area (Å²) in [5.41, 5.74) is 0.0868. The van der Waals surface area contributed by atoms with E-state index < -0.39 is 20.7 Å². The Bertz CT molecular complexity index is 442. The summed E-state index contributed by atoms with van der Waals surface area (Å²) in [6.07, 6.45) is 5.34. The highest BCUT2D eigenvalue weighted by molar-refractivity contribution is 7.91.